The van der Waals surface area contributed by atoms with Gasteiger partial charge in [0.2, 0.25) is 5.91 Å². The molecule has 4 nitrogen and oxygen atoms in total. The molecule has 1 heterocycles. The van der Waals surface area contributed by atoms with Crippen LogP contribution in [0.1, 0.15) is 19.8 Å². The Morgan fingerprint density at radius 2 is 2.33 bits per heavy atom. The lowest BCUT2D eigenvalue weighted by Crippen LogP contribution is -2.41. The molecular weight excluding hydrogens is 190 g/mol. The maximum Gasteiger partial charge on any atom is 0.225 e. The van der Waals surface area contributed by atoms with Crippen LogP contribution in [0.15, 0.2) is 0 Å². The molecule has 2 unspecified atom stereocenters. The van der Waals surface area contributed by atoms with Crippen molar-refractivity contribution in [2.45, 2.75) is 25.8 Å². The van der Waals surface area contributed by atoms with E-state index in [2.05, 4.69) is 11.9 Å². The summed E-state index contributed by atoms with van der Waals surface area (Å²) in [6, 6.07) is 0.391. The van der Waals surface area contributed by atoms with Crippen molar-refractivity contribution in [1.29, 1.82) is 0 Å². The number of amides is 1. The van der Waals surface area contributed by atoms with Gasteiger partial charge in [-0.25, -0.2) is 0 Å². The van der Waals surface area contributed by atoms with Crippen molar-refractivity contribution in [3.63, 3.8) is 0 Å². The summed E-state index contributed by atoms with van der Waals surface area (Å²) in [5.41, 5.74) is 5.46. The van der Waals surface area contributed by atoms with Crippen molar-refractivity contribution in [3.05, 3.63) is 0 Å². The minimum atomic E-state index is 0.0610. The molecule has 88 valence electrons. The molecule has 4 heteroatoms. The standard InChI is InChI=1S/C11H23N3O/c1-9(4-6-12)11(15)14(3)10-5-7-13(2)8-10/h9-10H,4-8,12H2,1-3H3. The largest absolute Gasteiger partial charge is 0.341 e. The van der Waals surface area contributed by atoms with Crippen LogP contribution in [0.2, 0.25) is 0 Å². The van der Waals surface area contributed by atoms with Crippen LogP contribution in [-0.2, 0) is 4.79 Å². The van der Waals surface area contributed by atoms with Crippen molar-refractivity contribution < 1.29 is 4.79 Å². The molecule has 0 spiro atoms. The van der Waals surface area contributed by atoms with Gasteiger partial charge in [-0.05, 0) is 33.0 Å². The van der Waals surface area contributed by atoms with Gasteiger partial charge in [-0.15, -0.1) is 0 Å². The van der Waals surface area contributed by atoms with E-state index in [1.54, 1.807) is 0 Å². The third-order valence-corrected chi connectivity index (χ3v) is 3.28. The molecule has 15 heavy (non-hydrogen) atoms. The Balaban J connectivity index is 2.45. The fourth-order valence-corrected chi connectivity index (χ4v) is 2.13. The Kier molecular flexibility index (Phi) is 4.54. The third kappa shape index (κ3) is 3.18. The van der Waals surface area contributed by atoms with E-state index in [1.807, 2.05) is 18.9 Å². The quantitative estimate of drug-likeness (QED) is 0.722. The molecule has 0 aromatic carbocycles. The molecule has 2 N–H and O–H groups in total. The van der Waals surface area contributed by atoms with E-state index in [0.717, 1.165) is 25.9 Å². The molecule has 1 aliphatic rings. The normalized spacial score (nSPS) is 24.1. The van der Waals surface area contributed by atoms with Gasteiger partial charge in [-0.2, -0.15) is 0 Å². The van der Waals surface area contributed by atoms with Crippen molar-refractivity contribution in [2.75, 3.05) is 33.7 Å². The average molecular weight is 213 g/mol. The predicted molar refractivity (Wildman–Crippen MR) is 61.5 cm³/mol. The number of nitrogens with zero attached hydrogens (tertiary/aromatic N) is 2. The number of hydrogen-bond acceptors (Lipinski definition) is 3. The van der Waals surface area contributed by atoms with Crippen LogP contribution in [0.4, 0.5) is 0 Å². The molecule has 1 amide bonds. The Morgan fingerprint density at radius 1 is 1.67 bits per heavy atom. The molecule has 1 aliphatic heterocycles. The highest BCUT2D eigenvalue weighted by atomic mass is 16.2. The van der Waals surface area contributed by atoms with Crippen LogP contribution in [0, 0.1) is 5.92 Å². The molecule has 1 rings (SSSR count). The molecule has 0 aliphatic carbocycles. The van der Waals surface area contributed by atoms with Gasteiger partial charge in [-0.3, -0.25) is 4.79 Å². The van der Waals surface area contributed by atoms with Gasteiger partial charge in [0.1, 0.15) is 0 Å². The predicted octanol–water partition coefficient (Wildman–Crippen LogP) is 0.134. The van der Waals surface area contributed by atoms with Crippen LogP contribution < -0.4 is 5.73 Å². The summed E-state index contributed by atoms with van der Waals surface area (Å²) in [4.78, 5) is 16.2. The molecule has 2 atom stereocenters. The summed E-state index contributed by atoms with van der Waals surface area (Å²) < 4.78 is 0. The Morgan fingerprint density at radius 3 is 2.80 bits per heavy atom. The first-order valence-electron chi connectivity index (χ1n) is 5.71. The second-order valence-corrected chi connectivity index (χ2v) is 4.63. The second kappa shape index (κ2) is 5.47. The summed E-state index contributed by atoms with van der Waals surface area (Å²) in [6.07, 6.45) is 1.87. The molecule has 0 aromatic heterocycles. The molecule has 0 aromatic rings. The van der Waals surface area contributed by atoms with Gasteiger partial charge >= 0.3 is 0 Å². The van der Waals surface area contributed by atoms with Crippen molar-refractivity contribution in [3.8, 4) is 0 Å². The van der Waals surface area contributed by atoms with E-state index < -0.39 is 0 Å². The van der Waals surface area contributed by atoms with E-state index in [0.29, 0.717) is 12.6 Å². The maximum atomic E-state index is 12.0. The topological polar surface area (TPSA) is 49.6 Å². The van der Waals surface area contributed by atoms with Crippen molar-refractivity contribution >= 4 is 5.91 Å². The number of carbonyl (C=O) groups excluding carboxylic acids is 1. The van der Waals surface area contributed by atoms with Gasteiger partial charge in [0.25, 0.3) is 0 Å². The van der Waals surface area contributed by atoms with Gasteiger partial charge in [0.15, 0.2) is 0 Å². The van der Waals surface area contributed by atoms with Crippen LogP contribution in [0.25, 0.3) is 0 Å². The lowest BCUT2D eigenvalue weighted by atomic mass is 10.1. The first-order valence-corrected chi connectivity index (χ1v) is 5.71. The van der Waals surface area contributed by atoms with Gasteiger partial charge in [-0.1, -0.05) is 6.92 Å². The first-order chi connectivity index (χ1) is 7.06. The summed E-state index contributed by atoms with van der Waals surface area (Å²) >= 11 is 0. The number of nitrogens with two attached hydrogens (primary N) is 1. The van der Waals surface area contributed by atoms with E-state index in [9.17, 15) is 4.79 Å². The van der Waals surface area contributed by atoms with Crippen LogP contribution in [0.3, 0.4) is 0 Å². The Hall–Kier alpha value is -0.610. The number of hydrogen-bond donors (Lipinski definition) is 1. The fraction of sp³-hybridized carbons (Fsp3) is 0.909. The molecule has 1 fully saturated rings. The molecule has 0 radical (unpaired) electrons. The van der Waals surface area contributed by atoms with E-state index >= 15 is 0 Å². The zero-order valence-electron chi connectivity index (χ0n) is 10.1. The summed E-state index contributed by atoms with van der Waals surface area (Å²) in [6.45, 7) is 4.64. The molecular formula is C11H23N3O. The number of likely N-dealkylation sites (N-methyl/N-ethyl adjacent to an activating group) is 2. The third-order valence-electron chi connectivity index (χ3n) is 3.28. The Bertz CT molecular complexity index is 220. The van der Waals surface area contributed by atoms with E-state index in [1.165, 1.54) is 0 Å². The van der Waals surface area contributed by atoms with E-state index in [4.69, 9.17) is 5.73 Å². The fourth-order valence-electron chi connectivity index (χ4n) is 2.13. The highest BCUT2D eigenvalue weighted by Gasteiger charge is 2.28. The SMILES string of the molecule is CC(CCN)C(=O)N(C)C1CCN(C)C1. The van der Waals surface area contributed by atoms with Crippen LogP contribution in [0.5, 0.6) is 0 Å². The summed E-state index contributed by atoms with van der Waals surface area (Å²) in [7, 11) is 4.01. The Labute approximate surface area is 92.4 Å². The highest BCUT2D eigenvalue weighted by molar-refractivity contribution is 5.78. The van der Waals surface area contributed by atoms with Gasteiger partial charge in [0, 0.05) is 25.6 Å². The minimum absolute atomic E-state index is 0.0610. The van der Waals surface area contributed by atoms with Gasteiger partial charge in [0.05, 0.1) is 0 Å². The minimum Gasteiger partial charge on any atom is -0.341 e. The van der Waals surface area contributed by atoms with Crippen LogP contribution in [-0.4, -0.2) is 55.5 Å². The van der Waals surface area contributed by atoms with Crippen molar-refractivity contribution in [2.24, 2.45) is 11.7 Å². The second-order valence-electron chi connectivity index (χ2n) is 4.63. The number of rotatable bonds is 4. The lowest BCUT2D eigenvalue weighted by Gasteiger charge is -2.27. The van der Waals surface area contributed by atoms with E-state index in [-0.39, 0.29) is 11.8 Å². The molecule has 0 bridgehead atoms. The summed E-state index contributed by atoms with van der Waals surface area (Å²) in [5.74, 6) is 0.298. The lowest BCUT2D eigenvalue weighted by molar-refractivity contribution is -0.135. The summed E-state index contributed by atoms with van der Waals surface area (Å²) in [5, 5.41) is 0. The maximum absolute atomic E-state index is 12.0. The molecule has 0 saturated carbocycles. The molecule has 1 saturated heterocycles. The van der Waals surface area contributed by atoms with Gasteiger partial charge < -0.3 is 15.5 Å². The smallest absolute Gasteiger partial charge is 0.225 e. The highest BCUT2D eigenvalue weighted by Crippen LogP contribution is 2.15. The number of carbonyl (C=O) groups is 1. The first kappa shape index (κ1) is 12.5. The zero-order valence-corrected chi connectivity index (χ0v) is 10.1. The zero-order chi connectivity index (χ0) is 11.4. The average Bonchev–Trinajstić information content (AvgIpc) is 2.63. The number of likely N-dealkylation sites (tertiary alicyclic amines) is 1. The van der Waals surface area contributed by atoms with Crippen molar-refractivity contribution in [1.82, 2.24) is 9.80 Å². The monoisotopic (exact) mass is 213 g/mol. The van der Waals surface area contributed by atoms with Crippen LogP contribution >= 0.6 is 0 Å².